The van der Waals surface area contributed by atoms with Crippen LogP contribution in [0.25, 0.3) is 0 Å². The maximum Gasteiger partial charge on any atom is 0.407 e. The number of rotatable bonds is 7. The Morgan fingerprint density at radius 3 is 2.53 bits per heavy atom. The molecule has 1 atom stereocenters. The first-order chi connectivity index (χ1) is 7.81. The summed E-state index contributed by atoms with van der Waals surface area (Å²) in [6.45, 7) is 8.71. The second-order valence-corrected chi connectivity index (χ2v) is 5.06. The van der Waals surface area contributed by atoms with Crippen LogP contribution in [0.5, 0.6) is 0 Å². The summed E-state index contributed by atoms with van der Waals surface area (Å²) in [6.07, 6.45) is 0.874. The summed E-state index contributed by atoms with van der Waals surface area (Å²) < 4.78 is 10.3. The van der Waals surface area contributed by atoms with E-state index in [1.807, 2.05) is 20.8 Å². The Morgan fingerprint density at radius 2 is 2.00 bits per heavy atom. The number of unbranched alkanes of at least 4 members (excludes halogenated alkanes) is 1. The minimum absolute atomic E-state index is 0.361. The minimum atomic E-state index is -0.454. The fourth-order valence-electron chi connectivity index (χ4n) is 1.09. The lowest BCUT2D eigenvalue weighted by Gasteiger charge is -2.19. The van der Waals surface area contributed by atoms with Crippen LogP contribution < -0.4 is 5.32 Å². The van der Waals surface area contributed by atoms with Crippen LogP contribution in [0.2, 0.25) is 0 Å². The van der Waals surface area contributed by atoms with Crippen LogP contribution in [0.4, 0.5) is 4.79 Å². The standard InChI is InChI=1S/C12H25NO4/c1-10(14)9-16-8-6-5-7-13-11(15)17-12(2,3)4/h10,14H,5-9H2,1-4H3,(H,13,15)/t10-/m1/s1. The number of carbonyl (C=O) groups excluding carboxylic acids is 1. The van der Waals surface area contributed by atoms with Gasteiger partial charge in [0.1, 0.15) is 5.60 Å². The topological polar surface area (TPSA) is 67.8 Å². The molecule has 0 heterocycles. The molecule has 0 saturated heterocycles. The van der Waals surface area contributed by atoms with Crippen LogP contribution in [-0.4, -0.2) is 42.7 Å². The maximum absolute atomic E-state index is 11.2. The van der Waals surface area contributed by atoms with E-state index in [2.05, 4.69) is 5.32 Å². The molecule has 0 fully saturated rings. The number of aliphatic hydroxyl groups excluding tert-OH is 1. The van der Waals surface area contributed by atoms with Crippen LogP contribution >= 0.6 is 0 Å². The van der Waals surface area contributed by atoms with Crippen molar-refractivity contribution < 1.29 is 19.4 Å². The van der Waals surface area contributed by atoms with Gasteiger partial charge in [-0.15, -0.1) is 0 Å². The third-order valence-electron chi connectivity index (χ3n) is 1.74. The zero-order valence-electron chi connectivity index (χ0n) is 11.3. The van der Waals surface area contributed by atoms with Gasteiger partial charge in [-0.25, -0.2) is 4.79 Å². The summed E-state index contributed by atoms with van der Waals surface area (Å²) in [7, 11) is 0. The summed E-state index contributed by atoms with van der Waals surface area (Å²) in [5.41, 5.74) is -0.454. The highest BCUT2D eigenvalue weighted by atomic mass is 16.6. The Balaban J connectivity index is 3.31. The largest absolute Gasteiger partial charge is 0.444 e. The van der Waals surface area contributed by atoms with E-state index in [4.69, 9.17) is 14.6 Å². The summed E-state index contributed by atoms with van der Waals surface area (Å²) >= 11 is 0. The van der Waals surface area contributed by atoms with E-state index in [1.165, 1.54) is 0 Å². The van der Waals surface area contributed by atoms with E-state index >= 15 is 0 Å². The Hall–Kier alpha value is -0.810. The molecule has 5 nitrogen and oxygen atoms in total. The average molecular weight is 247 g/mol. The SMILES string of the molecule is C[C@@H](O)COCCCCNC(=O)OC(C)(C)C. The molecule has 0 aromatic rings. The molecule has 2 N–H and O–H groups in total. The highest BCUT2D eigenvalue weighted by Gasteiger charge is 2.15. The Morgan fingerprint density at radius 1 is 1.35 bits per heavy atom. The normalized spacial score (nSPS) is 13.2. The molecule has 0 aliphatic rings. The van der Waals surface area contributed by atoms with Gasteiger partial charge >= 0.3 is 6.09 Å². The molecule has 0 saturated carbocycles. The molecule has 1 amide bonds. The quantitative estimate of drug-likeness (QED) is 0.672. The van der Waals surface area contributed by atoms with Crippen molar-refractivity contribution in [2.24, 2.45) is 0 Å². The lowest BCUT2D eigenvalue weighted by atomic mass is 10.2. The van der Waals surface area contributed by atoms with Crippen molar-refractivity contribution in [2.75, 3.05) is 19.8 Å². The number of ether oxygens (including phenoxy) is 2. The molecular formula is C12H25NO4. The van der Waals surface area contributed by atoms with Gasteiger partial charge in [-0.3, -0.25) is 0 Å². The second kappa shape index (κ2) is 8.31. The Kier molecular flexibility index (Phi) is 7.91. The Bertz CT molecular complexity index is 211. The van der Waals surface area contributed by atoms with E-state index < -0.39 is 11.7 Å². The van der Waals surface area contributed by atoms with Crippen molar-refractivity contribution in [2.45, 2.75) is 52.2 Å². The fourth-order valence-corrected chi connectivity index (χ4v) is 1.09. The molecule has 0 unspecified atom stereocenters. The molecule has 0 spiro atoms. The van der Waals surface area contributed by atoms with Crippen molar-refractivity contribution in [3.63, 3.8) is 0 Å². The van der Waals surface area contributed by atoms with Gasteiger partial charge in [0.2, 0.25) is 0 Å². The monoisotopic (exact) mass is 247 g/mol. The van der Waals surface area contributed by atoms with E-state index in [0.29, 0.717) is 19.8 Å². The van der Waals surface area contributed by atoms with Crippen LogP contribution in [0.15, 0.2) is 0 Å². The van der Waals surface area contributed by atoms with E-state index in [0.717, 1.165) is 12.8 Å². The highest BCUT2D eigenvalue weighted by Crippen LogP contribution is 2.06. The lowest BCUT2D eigenvalue weighted by Crippen LogP contribution is -2.33. The molecule has 0 aromatic heterocycles. The molecule has 0 rings (SSSR count). The zero-order chi connectivity index (χ0) is 13.3. The van der Waals surface area contributed by atoms with Crippen molar-refractivity contribution in [1.29, 1.82) is 0 Å². The number of aliphatic hydroxyl groups is 1. The maximum atomic E-state index is 11.2. The third kappa shape index (κ3) is 13.1. The van der Waals surface area contributed by atoms with Crippen LogP contribution in [0, 0.1) is 0 Å². The molecule has 17 heavy (non-hydrogen) atoms. The van der Waals surface area contributed by atoms with Gasteiger partial charge in [0, 0.05) is 13.2 Å². The lowest BCUT2D eigenvalue weighted by molar-refractivity contribution is 0.0437. The summed E-state index contributed by atoms with van der Waals surface area (Å²) in [5, 5.41) is 11.6. The number of hydrogen-bond donors (Lipinski definition) is 2. The van der Waals surface area contributed by atoms with Crippen LogP contribution in [0.1, 0.15) is 40.5 Å². The summed E-state index contributed by atoms with van der Waals surface area (Å²) in [6, 6.07) is 0. The smallest absolute Gasteiger partial charge is 0.407 e. The van der Waals surface area contributed by atoms with Gasteiger partial charge in [0.25, 0.3) is 0 Å². The van der Waals surface area contributed by atoms with Crippen LogP contribution in [-0.2, 0) is 9.47 Å². The van der Waals surface area contributed by atoms with Gasteiger partial charge in [0.05, 0.1) is 12.7 Å². The van der Waals surface area contributed by atoms with Crippen molar-refractivity contribution >= 4 is 6.09 Å². The fraction of sp³-hybridized carbons (Fsp3) is 0.917. The first kappa shape index (κ1) is 16.2. The third-order valence-corrected chi connectivity index (χ3v) is 1.74. The molecule has 0 radical (unpaired) electrons. The number of carbonyl (C=O) groups is 1. The van der Waals surface area contributed by atoms with Crippen LogP contribution in [0.3, 0.4) is 0 Å². The molecule has 0 aliphatic heterocycles. The predicted octanol–water partition coefficient (Wildman–Crippen LogP) is 1.69. The predicted molar refractivity (Wildman–Crippen MR) is 66.0 cm³/mol. The molecule has 0 aromatic carbocycles. The molecule has 5 heteroatoms. The first-order valence-electron chi connectivity index (χ1n) is 6.04. The van der Waals surface area contributed by atoms with Crippen molar-refractivity contribution in [3.05, 3.63) is 0 Å². The number of nitrogens with one attached hydrogen (secondary N) is 1. The summed E-state index contributed by atoms with van der Waals surface area (Å²) in [4.78, 5) is 11.2. The van der Waals surface area contributed by atoms with Crippen molar-refractivity contribution in [1.82, 2.24) is 5.32 Å². The van der Waals surface area contributed by atoms with E-state index in [9.17, 15) is 4.79 Å². The van der Waals surface area contributed by atoms with Gasteiger partial charge < -0.3 is 19.9 Å². The molecular weight excluding hydrogens is 222 g/mol. The number of hydrogen-bond acceptors (Lipinski definition) is 4. The zero-order valence-corrected chi connectivity index (χ0v) is 11.3. The van der Waals surface area contributed by atoms with E-state index in [-0.39, 0.29) is 6.09 Å². The average Bonchev–Trinajstić information content (AvgIpc) is 2.12. The highest BCUT2D eigenvalue weighted by molar-refractivity contribution is 5.67. The molecule has 102 valence electrons. The van der Waals surface area contributed by atoms with Gasteiger partial charge in [-0.1, -0.05) is 0 Å². The van der Waals surface area contributed by atoms with Gasteiger partial charge in [-0.05, 0) is 40.5 Å². The van der Waals surface area contributed by atoms with E-state index in [1.54, 1.807) is 6.92 Å². The molecule has 0 aliphatic carbocycles. The number of alkyl carbamates (subject to hydrolysis) is 1. The second-order valence-electron chi connectivity index (χ2n) is 5.06. The minimum Gasteiger partial charge on any atom is -0.444 e. The Labute approximate surface area is 103 Å². The first-order valence-corrected chi connectivity index (χ1v) is 6.04. The van der Waals surface area contributed by atoms with Gasteiger partial charge in [0.15, 0.2) is 0 Å². The van der Waals surface area contributed by atoms with Gasteiger partial charge in [-0.2, -0.15) is 0 Å². The number of amides is 1. The summed E-state index contributed by atoms with van der Waals surface area (Å²) in [5.74, 6) is 0. The molecule has 0 bridgehead atoms. The van der Waals surface area contributed by atoms with Crippen molar-refractivity contribution in [3.8, 4) is 0 Å².